The van der Waals surface area contributed by atoms with E-state index in [1.54, 1.807) is 0 Å². The molecular formula is C39H50N6O3. The highest BCUT2D eigenvalue weighted by Crippen LogP contribution is 2.45. The highest BCUT2D eigenvalue weighted by Gasteiger charge is 2.36. The van der Waals surface area contributed by atoms with Crippen molar-refractivity contribution in [1.82, 2.24) is 15.0 Å². The Morgan fingerprint density at radius 2 is 1.65 bits per heavy atom. The molecule has 0 saturated carbocycles. The summed E-state index contributed by atoms with van der Waals surface area (Å²) >= 11 is 0. The number of benzene rings is 2. The molecule has 1 saturated heterocycles. The van der Waals surface area contributed by atoms with Crippen LogP contribution >= 0.6 is 0 Å². The van der Waals surface area contributed by atoms with Gasteiger partial charge in [-0.05, 0) is 88.1 Å². The summed E-state index contributed by atoms with van der Waals surface area (Å²) in [5.41, 5.74) is 8.32. The number of rotatable bonds is 7. The maximum absolute atomic E-state index is 12.9. The first-order valence-electron chi connectivity index (χ1n) is 17.1. The van der Waals surface area contributed by atoms with Crippen molar-refractivity contribution in [3.63, 3.8) is 0 Å². The molecular weight excluding hydrogens is 600 g/mol. The fourth-order valence-corrected chi connectivity index (χ4v) is 7.16. The van der Waals surface area contributed by atoms with Gasteiger partial charge in [0.1, 0.15) is 5.82 Å². The molecule has 6 rings (SSSR count). The van der Waals surface area contributed by atoms with Crippen LogP contribution in [0.3, 0.4) is 0 Å². The molecule has 1 N–H and O–H groups in total. The van der Waals surface area contributed by atoms with Gasteiger partial charge in [-0.25, -0.2) is 9.78 Å². The molecule has 1 fully saturated rings. The Morgan fingerprint density at radius 3 is 2.31 bits per heavy atom. The summed E-state index contributed by atoms with van der Waals surface area (Å²) in [6.07, 6.45) is 1.76. The number of anilines is 3. The summed E-state index contributed by atoms with van der Waals surface area (Å²) in [5, 5.41) is 11.6. The second-order valence-electron chi connectivity index (χ2n) is 15.4. The van der Waals surface area contributed by atoms with Crippen molar-refractivity contribution < 1.29 is 14.6 Å². The Morgan fingerprint density at radius 1 is 0.938 bits per heavy atom. The van der Waals surface area contributed by atoms with E-state index < -0.39 is 17.7 Å². The number of nitrogens with zero attached hydrogens (tertiary/aromatic N) is 6. The van der Waals surface area contributed by atoms with Gasteiger partial charge in [0.05, 0.1) is 16.8 Å². The highest BCUT2D eigenvalue weighted by molar-refractivity contribution is 5.91. The van der Waals surface area contributed by atoms with E-state index in [4.69, 9.17) is 19.7 Å². The zero-order valence-corrected chi connectivity index (χ0v) is 30.0. The standard InChI is InChI=1S/C39H50N6O3/c1-24-31(33(44-20-17-39(6,7)18-21-44)32(25(2)40-24)34(36(46)47)48-38(3,4)5)27-14-15-28-23-45(19-16-26(28)22-27)37-41-30-13-11-10-12-29(30)35(42-37)43(8)9/h10-15,22,34H,16-21,23H2,1-9H3,(H,46,47). The number of para-hydroxylation sites is 1. The van der Waals surface area contributed by atoms with Crippen LogP contribution in [0.25, 0.3) is 22.0 Å². The van der Waals surface area contributed by atoms with Crippen molar-refractivity contribution >= 4 is 34.3 Å². The molecule has 0 aliphatic carbocycles. The molecule has 254 valence electrons. The lowest BCUT2D eigenvalue weighted by molar-refractivity contribution is -0.160. The Balaban J connectivity index is 1.42. The van der Waals surface area contributed by atoms with E-state index in [1.165, 1.54) is 11.1 Å². The van der Waals surface area contributed by atoms with E-state index in [1.807, 2.05) is 71.8 Å². The molecule has 4 heterocycles. The zero-order chi connectivity index (χ0) is 34.5. The Kier molecular flexibility index (Phi) is 8.87. The number of carboxylic acid groups (broad SMARTS) is 1. The first kappa shape index (κ1) is 33.7. The molecule has 0 spiro atoms. The van der Waals surface area contributed by atoms with E-state index in [0.717, 1.165) is 84.1 Å². The summed E-state index contributed by atoms with van der Waals surface area (Å²) < 4.78 is 6.28. The van der Waals surface area contributed by atoms with Gasteiger partial charge in [-0.3, -0.25) is 4.98 Å². The van der Waals surface area contributed by atoms with Crippen molar-refractivity contribution in [2.24, 2.45) is 5.41 Å². The Hall–Kier alpha value is -4.24. The molecule has 9 heteroatoms. The van der Waals surface area contributed by atoms with Crippen molar-refractivity contribution in [3.8, 4) is 11.1 Å². The van der Waals surface area contributed by atoms with Crippen LogP contribution in [0, 0.1) is 19.3 Å². The lowest BCUT2D eigenvalue weighted by Gasteiger charge is -2.41. The number of aryl methyl sites for hydroxylation is 2. The predicted octanol–water partition coefficient (Wildman–Crippen LogP) is 7.50. The minimum atomic E-state index is -1.14. The molecule has 9 nitrogen and oxygen atoms in total. The van der Waals surface area contributed by atoms with E-state index in [2.05, 4.69) is 47.9 Å². The highest BCUT2D eigenvalue weighted by atomic mass is 16.5. The summed E-state index contributed by atoms with van der Waals surface area (Å²) in [4.78, 5) is 34.5. The van der Waals surface area contributed by atoms with E-state index in [-0.39, 0.29) is 5.41 Å². The third-order valence-electron chi connectivity index (χ3n) is 9.75. The third-order valence-corrected chi connectivity index (χ3v) is 9.75. The summed E-state index contributed by atoms with van der Waals surface area (Å²) in [5.74, 6) is 0.657. The number of hydrogen-bond acceptors (Lipinski definition) is 8. The van der Waals surface area contributed by atoms with Gasteiger partial charge < -0.3 is 24.5 Å². The number of fused-ring (bicyclic) bond motifs is 2. The van der Waals surface area contributed by atoms with Crippen molar-refractivity contribution in [2.45, 2.75) is 86.0 Å². The van der Waals surface area contributed by atoms with Crippen LogP contribution < -0.4 is 14.7 Å². The second-order valence-corrected chi connectivity index (χ2v) is 15.4. The average Bonchev–Trinajstić information content (AvgIpc) is 3.02. The van der Waals surface area contributed by atoms with Crippen LogP contribution in [-0.4, -0.2) is 65.4 Å². The molecule has 0 radical (unpaired) electrons. The number of carbonyl (C=O) groups is 1. The average molecular weight is 651 g/mol. The maximum Gasteiger partial charge on any atom is 0.337 e. The molecule has 1 atom stereocenters. The Labute approximate surface area is 285 Å². The third kappa shape index (κ3) is 6.70. The van der Waals surface area contributed by atoms with Crippen molar-refractivity contribution in [3.05, 3.63) is 70.5 Å². The maximum atomic E-state index is 12.9. The SMILES string of the molecule is Cc1nc(C)c(C(OC(C)(C)C)C(=O)O)c(N2CCC(C)(C)CC2)c1-c1ccc2c(c1)CCN(c1nc(N(C)C)c3ccccc3n1)C2. The van der Waals surface area contributed by atoms with Crippen LogP contribution in [0.5, 0.6) is 0 Å². The lowest BCUT2D eigenvalue weighted by Crippen LogP contribution is -2.39. The molecule has 1 unspecified atom stereocenters. The molecule has 2 aliphatic heterocycles. The fourth-order valence-electron chi connectivity index (χ4n) is 7.16. The Bertz CT molecular complexity index is 1850. The minimum Gasteiger partial charge on any atom is -0.479 e. The number of hydrogen-bond donors (Lipinski definition) is 1. The minimum absolute atomic E-state index is 0.238. The van der Waals surface area contributed by atoms with Crippen LogP contribution in [0.1, 0.15) is 81.6 Å². The van der Waals surface area contributed by atoms with E-state index in [0.29, 0.717) is 17.8 Å². The lowest BCUT2D eigenvalue weighted by atomic mass is 9.81. The molecule has 2 aromatic heterocycles. The summed E-state index contributed by atoms with van der Waals surface area (Å²) in [6.45, 7) is 17.5. The van der Waals surface area contributed by atoms with Gasteiger partial charge in [-0.1, -0.05) is 44.2 Å². The number of carboxylic acids is 1. The second kappa shape index (κ2) is 12.7. The van der Waals surface area contributed by atoms with E-state index in [9.17, 15) is 9.90 Å². The number of pyridine rings is 1. The van der Waals surface area contributed by atoms with Gasteiger partial charge in [0.25, 0.3) is 0 Å². The van der Waals surface area contributed by atoms with Crippen LogP contribution in [-0.2, 0) is 22.5 Å². The predicted molar refractivity (Wildman–Crippen MR) is 194 cm³/mol. The van der Waals surface area contributed by atoms with Crippen LogP contribution in [0.2, 0.25) is 0 Å². The van der Waals surface area contributed by atoms with Crippen molar-refractivity contribution in [1.29, 1.82) is 0 Å². The molecule has 2 aliphatic rings. The van der Waals surface area contributed by atoms with Crippen LogP contribution in [0.4, 0.5) is 17.5 Å². The largest absolute Gasteiger partial charge is 0.479 e. The van der Waals surface area contributed by atoms with E-state index >= 15 is 0 Å². The van der Waals surface area contributed by atoms with Crippen LogP contribution in [0.15, 0.2) is 42.5 Å². The quantitative estimate of drug-likeness (QED) is 0.218. The van der Waals surface area contributed by atoms with Gasteiger partial charge in [0.2, 0.25) is 5.95 Å². The fraction of sp³-hybridized carbons (Fsp3) is 0.487. The van der Waals surface area contributed by atoms with Gasteiger partial charge in [-0.2, -0.15) is 4.98 Å². The smallest absolute Gasteiger partial charge is 0.337 e. The molecule has 48 heavy (non-hydrogen) atoms. The molecule has 2 aromatic carbocycles. The number of aliphatic carboxylic acids is 1. The molecule has 0 amide bonds. The molecule has 0 bridgehead atoms. The zero-order valence-electron chi connectivity index (χ0n) is 30.0. The molecule has 4 aromatic rings. The van der Waals surface area contributed by atoms with Crippen molar-refractivity contribution in [2.75, 3.05) is 48.4 Å². The van der Waals surface area contributed by atoms with Gasteiger partial charge in [0, 0.05) is 68.2 Å². The summed E-state index contributed by atoms with van der Waals surface area (Å²) in [7, 11) is 4.04. The first-order chi connectivity index (χ1) is 22.6. The van der Waals surface area contributed by atoms with Gasteiger partial charge in [0.15, 0.2) is 6.10 Å². The number of ether oxygens (including phenoxy) is 1. The van der Waals surface area contributed by atoms with Gasteiger partial charge >= 0.3 is 5.97 Å². The topological polar surface area (TPSA) is 94.9 Å². The summed E-state index contributed by atoms with van der Waals surface area (Å²) in [6, 6.07) is 14.8. The number of aromatic nitrogens is 3. The monoisotopic (exact) mass is 650 g/mol. The van der Waals surface area contributed by atoms with Gasteiger partial charge in [-0.15, -0.1) is 0 Å². The first-order valence-corrected chi connectivity index (χ1v) is 17.1. The normalized spacial score (nSPS) is 16.9. The number of piperidine rings is 1.